The third-order valence-electron chi connectivity index (χ3n) is 5.67. The lowest BCUT2D eigenvalue weighted by Gasteiger charge is -2.37. The van der Waals surface area contributed by atoms with E-state index in [-0.39, 0.29) is 29.6 Å². The molecule has 1 saturated heterocycles. The molecule has 1 aliphatic heterocycles. The highest BCUT2D eigenvalue weighted by Crippen LogP contribution is 2.25. The molecule has 0 radical (unpaired) electrons. The van der Waals surface area contributed by atoms with E-state index in [2.05, 4.69) is 4.90 Å². The number of anilines is 1. The van der Waals surface area contributed by atoms with Gasteiger partial charge in [0.15, 0.2) is 0 Å². The Morgan fingerprint density at radius 1 is 1.15 bits per heavy atom. The first kappa shape index (κ1) is 25.1. The summed E-state index contributed by atoms with van der Waals surface area (Å²) in [5.41, 5.74) is 2.27. The van der Waals surface area contributed by atoms with Crippen molar-refractivity contribution in [1.29, 1.82) is 0 Å². The number of amides is 1. The number of nitrogens with zero attached hydrogens (tertiary/aromatic N) is 4. The number of hydrogen-bond acceptors (Lipinski definition) is 6. The summed E-state index contributed by atoms with van der Waals surface area (Å²) in [6, 6.07) is 6.99. The highest BCUT2D eigenvalue weighted by atomic mass is 35.5. The van der Waals surface area contributed by atoms with Gasteiger partial charge in [-0.05, 0) is 37.6 Å². The van der Waals surface area contributed by atoms with E-state index in [1.165, 1.54) is 23.9 Å². The highest BCUT2D eigenvalue weighted by molar-refractivity contribution is 7.89. The van der Waals surface area contributed by atoms with E-state index in [0.717, 1.165) is 15.6 Å². The molecule has 33 heavy (non-hydrogen) atoms. The summed E-state index contributed by atoms with van der Waals surface area (Å²) in [5, 5.41) is 0.660. The number of aromatic nitrogens is 1. The molecule has 11 heteroatoms. The molecule has 0 atom stereocenters. The number of carbonyl (C=O) groups excluding carboxylic acids is 2. The van der Waals surface area contributed by atoms with Gasteiger partial charge in [0.2, 0.25) is 15.9 Å². The maximum atomic E-state index is 13.0. The Morgan fingerprint density at radius 3 is 2.45 bits per heavy atom. The summed E-state index contributed by atoms with van der Waals surface area (Å²) in [7, 11) is -1.03. The Balaban J connectivity index is 1.63. The van der Waals surface area contributed by atoms with Gasteiger partial charge in [0.1, 0.15) is 10.6 Å². The SMILES string of the molecule is CCOC(=O)c1cc(S(=O)(=O)N(C)CC(=O)N2CCN(c3cc(Cl)ccc3C)CC2)cn1C. The van der Waals surface area contributed by atoms with Crippen LogP contribution in [0.15, 0.2) is 35.4 Å². The van der Waals surface area contributed by atoms with Crippen molar-refractivity contribution in [3.63, 3.8) is 0 Å². The molecule has 0 spiro atoms. The van der Waals surface area contributed by atoms with Gasteiger partial charge in [-0.2, -0.15) is 4.31 Å². The van der Waals surface area contributed by atoms with Crippen molar-refractivity contribution in [2.45, 2.75) is 18.7 Å². The lowest BCUT2D eigenvalue weighted by Crippen LogP contribution is -2.51. The van der Waals surface area contributed by atoms with Crippen molar-refractivity contribution >= 4 is 39.2 Å². The van der Waals surface area contributed by atoms with E-state index < -0.39 is 16.0 Å². The second-order valence-corrected chi connectivity index (χ2v) is 10.4. The zero-order valence-electron chi connectivity index (χ0n) is 19.2. The number of piperazine rings is 1. The fourth-order valence-electron chi connectivity index (χ4n) is 3.76. The van der Waals surface area contributed by atoms with Crippen LogP contribution in [0.5, 0.6) is 0 Å². The van der Waals surface area contributed by atoms with Crippen molar-refractivity contribution in [2.75, 3.05) is 51.3 Å². The number of halogens is 1. The Kier molecular flexibility index (Phi) is 7.71. The van der Waals surface area contributed by atoms with Crippen LogP contribution in [0.25, 0.3) is 0 Å². The van der Waals surface area contributed by atoms with E-state index in [9.17, 15) is 18.0 Å². The first-order chi connectivity index (χ1) is 15.5. The van der Waals surface area contributed by atoms with E-state index in [4.69, 9.17) is 16.3 Å². The fourth-order valence-corrected chi connectivity index (χ4v) is 5.12. The number of carbonyl (C=O) groups is 2. The number of esters is 1. The molecule has 2 heterocycles. The van der Waals surface area contributed by atoms with Crippen molar-refractivity contribution in [1.82, 2.24) is 13.8 Å². The molecule has 9 nitrogen and oxygen atoms in total. The largest absolute Gasteiger partial charge is 0.461 e. The van der Waals surface area contributed by atoms with Gasteiger partial charge in [0.05, 0.1) is 13.2 Å². The van der Waals surface area contributed by atoms with Crippen molar-refractivity contribution in [2.24, 2.45) is 7.05 Å². The van der Waals surface area contributed by atoms with E-state index in [0.29, 0.717) is 31.2 Å². The van der Waals surface area contributed by atoms with Gasteiger partial charge in [-0.15, -0.1) is 0 Å². The number of hydrogen-bond donors (Lipinski definition) is 0. The molecule has 3 rings (SSSR count). The minimum Gasteiger partial charge on any atom is -0.461 e. The quantitative estimate of drug-likeness (QED) is 0.545. The van der Waals surface area contributed by atoms with E-state index in [1.807, 2.05) is 25.1 Å². The molecule has 0 N–H and O–H groups in total. The summed E-state index contributed by atoms with van der Waals surface area (Å²) < 4.78 is 33.3. The Bertz CT molecular complexity index is 1140. The second-order valence-electron chi connectivity index (χ2n) is 7.95. The van der Waals surface area contributed by atoms with Crippen LogP contribution in [0.4, 0.5) is 5.69 Å². The smallest absolute Gasteiger partial charge is 0.354 e. The van der Waals surface area contributed by atoms with Crippen molar-refractivity contribution < 1.29 is 22.7 Å². The topological polar surface area (TPSA) is 92.2 Å². The molecule has 0 bridgehead atoms. The Labute approximate surface area is 199 Å². The first-order valence-corrected chi connectivity index (χ1v) is 12.4. The van der Waals surface area contributed by atoms with Crippen molar-refractivity contribution in [3.8, 4) is 0 Å². The molecule has 2 aromatic rings. The standard InChI is InChI=1S/C22H29ClN4O5S/c1-5-32-22(29)20-13-18(14-24(20)3)33(30,31)25(4)15-21(28)27-10-8-26(9-11-27)19-12-17(23)7-6-16(19)2/h6-7,12-14H,5,8-11,15H2,1-4H3. The molecule has 1 aromatic carbocycles. The monoisotopic (exact) mass is 496 g/mol. The normalized spacial score (nSPS) is 14.6. The number of benzene rings is 1. The number of aryl methyl sites for hydroxylation is 2. The second kappa shape index (κ2) is 10.1. The fraction of sp³-hybridized carbons (Fsp3) is 0.455. The zero-order valence-corrected chi connectivity index (χ0v) is 20.8. The summed E-state index contributed by atoms with van der Waals surface area (Å²) in [6.07, 6.45) is 1.34. The van der Waals surface area contributed by atoms with Gasteiger partial charge in [0.25, 0.3) is 0 Å². The molecular weight excluding hydrogens is 468 g/mol. The lowest BCUT2D eigenvalue weighted by atomic mass is 10.1. The minimum atomic E-state index is -3.95. The molecule has 1 aliphatic rings. The average molecular weight is 497 g/mol. The maximum Gasteiger partial charge on any atom is 0.354 e. The van der Waals surface area contributed by atoms with E-state index >= 15 is 0 Å². The van der Waals surface area contributed by atoms with Gasteiger partial charge in [0, 0.05) is 57.2 Å². The number of likely N-dealkylation sites (N-methyl/N-ethyl adjacent to an activating group) is 1. The summed E-state index contributed by atoms with van der Waals surface area (Å²) in [4.78, 5) is 28.6. The third kappa shape index (κ3) is 5.51. The highest BCUT2D eigenvalue weighted by Gasteiger charge is 2.29. The van der Waals surface area contributed by atoms with Crippen LogP contribution in [0.1, 0.15) is 23.0 Å². The first-order valence-electron chi connectivity index (χ1n) is 10.6. The molecular formula is C22H29ClN4O5S. The van der Waals surface area contributed by atoms with Crippen molar-refractivity contribution in [3.05, 3.63) is 46.7 Å². The van der Waals surface area contributed by atoms with Crippen LogP contribution in [-0.2, 0) is 26.6 Å². The molecule has 180 valence electrons. The molecule has 0 aliphatic carbocycles. The molecule has 1 amide bonds. The minimum absolute atomic E-state index is 0.0652. The van der Waals surface area contributed by atoms with Gasteiger partial charge >= 0.3 is 5.97 Å². The van der Waals surface area contributed by atoms with Gasteiger partial charge in [-0.3, -0.25) is 4.79 Å². The lowest BCUT2D eigenvalue weighted by molar-refractivity contribution is -0.131. The van der Waals surface area contributed by atoms with Crippen LogP contribution < -0.4 is 4.90 Å². The summed E-state index contributed by atoms with van der Waals surface area (Å²) in [5.74, 6) is -0.877. The third-order valence-corrected chi connectivity index (χ3v) is 7.68. The predicted octanol–water partition coefficient (Wildman–Crippen LogP) is 2.13. The molecule has 0 saturated carbocycles. The number of sulfonamides is 1. The van der Waals surface area contributed by atoms with Crippen LogP contribution in [0, 0.1) is 6.92 Å². The van der Waals surface area contributed by atoms with Gasteiger partial charge in [-0.25, -0.2) is 13.2 Å². The van der Waals surface area contributed by atoms with Crippen LogP contribution in [-0.4, -0.2) is 80.4 Å². The Hall–Kier alpha value is -2.56. The Morgan fingerprint density at radius 2 is 1.82 bits per heavy atom. The van der Waals surface area contributed by atoms with Crippen LogP contribution in [0.3, 0.4) is 0 Å². The van der Waals surface area contributed by atoms with E-state index in [1.54, 1.807) is 18.9 Å². The molecule has 1 aromatic heterocycles. The summed E-state index contributed by atoms with van der Waals surface area (Å²) >= 11 is 6.13. The van der Waals surface area contributed by atoms with Crippen LogP contribution >= 0.6 is 11.6 Å². The number of ether oxygens (including phenoxy) is 1. The predicted molar refractivity (Wildman–Crippen MR) is 126 cm³/mol. The number of rotatable bonds is 7. The molecule has 1 fully saturated rings. The zero-order chi connectivity index (χ0) is 24.3. The summed E-state index contributed by atoms with van der Waals surface area (Å²) in [6.45, 7) is 5.81. The van der Waals surface area contributed by atoms with Gasteiger partial charge in [-0.1, -0.05) is 17.7 Å². The maximum absolute atomic E-state index is 13.0. The van der Waals surface area contributed by atoms with Gasteiger partial charge < -0.3 is 19.1 Å². The van der Waals surface area contributed by atoms with Crippen LogP contribution in [0.2, 0.25) is 5.02 Å². The molecule has 0 unspecified atom stereocenters. The average Bonchev–Trinajstić information content (AvgIpc) is 3.18.